The highest BCUT2D eigenvalue weighted by molar-refractivity contribution is 7.90. The van der Waals surface area contributed by atoms with Gasteiger partial charge in [0.25, 0.3) is 0 Å². The summed E-state index contributed by atoms with van der Waals surface area (Å²) < 4.78 is 70.2. The van der Waals surface area contributed by atoms with Crippen molar-refractivity contribution >= 4 is 27.2 Å². The van der Waals surface area contributed by atoms with Crippen LogP contribution in [0.4, 0.5) is 19.0 Å². The van der Waals surface area contributed by atoms with Crippen molar-refractivity contribution in [2.45, 2.75) is 53.1 Å². The van der Waals surface area contributed by atoms with Crippen LogP contribution in [0.5, 0.6) is 0 Å². The van der Waals surface area contributed by atoms with Gasteiger partial charge in [-0.05, 0) is 79.7 Å². The number of allylic oxidation sites excluding steroid dienone is 4. The Labute approximate surface area is 210 Å². The number of nitrogens with one attached hydrogen (secondary N) is 1. The van der Waals surface area contributed by atoms with Gasteiger partial charge in [0.1, 0.15) is 12.1 Å². The van der Waals surface area contributed by atoms with Crippen LogP contribution in [0.15, 0.2) is 60.1 Å². The minimum atomic E-state index is -4.44. The van der Waals surface area contributed by atoms with E-state index in [0.717, 1.165) is 40.3 Å². The summed E-state index contributed by atoms with van der Waals surface area (Å²) in [4.78, 5) is 7.70. The van der Waals surface area contributed by atoms with Crippen LogP contribution in [0.3, 0.4) is 0 Å². The zero-order valence-electron chi connectivity index (χ0n) is 20.9. The summed E-state index contributed by atoms with van der Waals surface area (Å²) in [5.74, 6) is 0.177. The minimum Gasteiger partial charge on any atom is -0.254 e. The fraction of sp³-hybridized carbons (Fsp3) is 0.385. The Hall–Kier alpha value is -2.98. The summed E-state index contributed by atoms with van der Waals surface area (Å²) in [6.07, 6.45) is 3.90. The lowest BCUT2D eigenvalue weighted by molar-refractivity contribution is -0.137. The Morgan fingerprint density at radius 1 is 1.17 bits per heavy atom. The lowest BCUT2D eigenvalue weighted by atomic mass is 9.84. The Morgan fingerprint density at radius 3 is 2.47 bits per heavy atom. The Balaban J connectivity index is 1.99. The molecule has 0 radical (unpaired) electrons. The topological polar surface area (TPSA) is 75.2 Å². The van der Waals surface area contributed by atoms with Crippen molar-refractivity contribution in [1.29, 1.82) is 0 Å². The quantitative estimate of drug-likeness (QED) is 0.432. The third-order valence-corrected chi connectivity index (χ3v) is 7.62. The number of aromatic nitrogens is 2. The van der Waals surface area contributed by atoms with Gasteiger partial charge in [-0.15, -0.1) is 0 Å². The Bertz CT molecular complexity index is 1280. The second-order valence-corrected chi connectivity index (χ2v) is 10.2. The van der Waals surface area contributed by atoms with Crippen LogP contribution >= 0.6 is 0 Å². The van der Waals surface area contributed by atoms with Crippen molar-refractivity contribution in [1.82, 2.24) is 14.3 Å². The van der Waals surface area contributed by atoms with Crippen LogP contribution < -0.4 is 4.72 Å². The predicted molar refractivity (Wildman–Crippen MR) is 137 cm³/mol. The fourth-order valence-electron chi connectivity index (χ4n) is 4.42. The lowest BCUT2D eigenvalue weighted by Crippen LogP contribution is -2.40. The number of alkyl halides is 3. The van der Waals surface area contributed by atoms with Gasteiger partial charge in [0, 0.05) is 19.3 Å². The molecule has 1 N–H and O–H groups in total. The zero-order chi connectivity index (χ0) is 26.5. The smallest absolute Gasteiger partial charge is 0.254 e. The molecule has 0 atom stereocenters. The number of hydrogen-bond acceptors (Lipinski definition) is 4. The maximum Gasteiger partial charge on any atom is 0.416 e. The van der Waals surface area contributed by atoms with E-state index in [-0.39, 0.29) is 18.9 Å². The summed E-state index contributed by atoms with van der Waals surface area (Å²) in [6, 6.07) is 5.34. The average molecular weight is 521 g/mol. The van der Waals surface area contributed by atoms with Crippen LogP contribution in [-0.2, 0) is 16.4 Å². The van der Waals surface area contributed by atoms with E-state index in [4.69, 9.17) is 0 Å². The monoisotopic (exact) mass is 520 g/mol. The van der Waals surface area contributed by atoms with Gasteiger partial charge in [0.2, 0.25) is 0 Å². The fourth-order valence-corrected chi connectivity index (χ4v) is 5.63. The molecule has 0 fully saturated rings. The minimum absolute atomic E-state index is 0.161. The van der Waals surface area contributed by atoms with E-state index < -0.39 is 21.9 Å². The largest absolute Gasteiger partial charge is 0.416 e. The van der Waals surface area contributed by atoms with E-state index in [2.05, 4.69) is 14.7 Å². The normalized spacial score (nSPS) is 16.4. The van der Waals surface area contributed by atoms with Crippen LogP contribution in [0, 0.1) is 0 Å². The molecule has 2 aromatic rings. The first-order chi connectivity index (χ1) is 17.0. The lowest BCUT2D eigenvalue weighted by Gasteiger charge is -2.30. The molecule has 0 bridgehead atoms. The zero-order valence-corrected chi connectivity index (χ0v) is 21.7. The van der Waals surface area contributed by atoms with Crippen LogP contribution in [0.25, 0.3) is 11.1 Å². The highest BCUT2D eigenvalue weighted by Gasteiger charge is 2.33. The van der Waals surface area contributed by atoms with E-state index >= 15 is 0 Å². The van der Waals surface area contributed by atoms with Gasteiger partial charge in [-0.1, -0.05) is 37.1 Å². The van der Waals surface area contributed by atoms with E-state index in [1.165, 1.54) is 35.0 Å². The van der Waals surface area contributed by atoms with E-state index in [0.29, 0.717) is 18.4 Å². The molecule has 36 heavy (non-hydrogen) atoms. The Morgan fingerprint density at radius 2 is 1.92 bits per heavy atom. The molecule has 1 aliphatic heterocycles. The molecule has 6 nitrogen and oxygen atoms in total. The number of benzene rings is 1. The SMILES string of the molecule is CC=C(CCC)c1cc(C(F)(F)F)ccc1C(=CC)C1=C(C)CN(S(=O)(=O)Nc2ccncn2)CC1. The molecule has 2 heterocycles. The molecule has 1 aliphatic rings. The van der Waals surface area contributed by atoms with Gasteiger partial charge in [0.05, 0.1) is 5.56 Å². The van der Waals surface area contributed by atoms with Crippen molar-refractivity contribution in [3.63, 3.8) is 0 Å². The second-order valence-electron chi connectivity index (χ2n) is 8.57. The number of rotatable bonds is 8. The van der Waals surface area contributed by atoms with Crippen LogP contribution in [0.2, 0.25) is 0 Å². The average Bonchev–Trinajstić information content (AvgIpc) is 2.83. The number of anilines is 1. The molecule has 0 aliphatic carbocycles. The maximum atomic E-state index is 13.5. The maximum absolute atomic E-state index is 13.5. The Kier molecular flexibility index (Phi) is 8.73. The van der Waals surface area contributed by atoms with Gasteiger partial charge in [-0.3, -0.25) is 4.72 Å². The van der Waals surface area contributed by atoms with Gasteiger partial charge >= 0.3 is 16.4 Å². The second kappa shape index (κ2) is 11.4. The van der Waals surface area contributed by atoms with E-state index in [9.17, 15) is 21.6 Å². The molecule has 1 aromatic carbocycles. The standard InChI is InChI=1S/C26H31F3N4O2S/c1-5-8-19(6-2)24-15-20(26(27,28)29)9-10-23(24)21(7-3)22-12-14-33(16-18(22)4)36(34,35)32-25-11-13-30-17-31-25/h6-7,9-11,13,15,17H,5,8,12,14,16H2,1-4H3,(H,30,31,32). The molecule has 0 amide bonds. The summed E-state index contributed by atoms with van der Waals surface area (Å²) in [6.45, 7) is 7.93. The van der Waals surface area contributed by atoms with Crippen LogP contribution in [-0.4, -0.2) is 35.8 Å². The van der Waals surface area contributed by atoms with Gasteiger partial charge < -0.3 is 0 Å². The van der Waals surface area contributed by atoms with Crippen molar-refractivity contribution in [2.75, 3.05) is 17.8 Å². The molecule has 10 heteroatoms. The molecule has 3 rings (SSSR count). The molecular weight excluding hydrogens is 489 g/mol. The molecule has 194 valence electrons. The van der Waals surface area contributed by atoms with Crippen molar-refractivity contribution in [2.24, 2.45) is 0 Å². The van der Waals surface area contributed by atoms with Crippen molar-refractivity contribution in [3.05, 3.63) is 76.8 Å². The molecule has 1 aromatic heterocycles. The van der Waals surface area contributed by atoms with Gasteiger partial charge in [-0.2, -0.15) is 25.9 Å². The summed E-state index contributed by atoms with van der Waals surface area (Å²) in [7, 11) is -3.84. The van der Waals surface area contributed by atoms with Crippen LogP contribution in [0.1, 0.15) is 63.6 Å². The van der Waals surface area contributed by atoms with Crippen molar-refractivity contribution < 1.29 is 21.6 Å². The third-order valence-electron chi connectivity index (χ3n) is 6.16. The van der Waals surface area contributed by atoms with E-state index in [1.54, 1.807) is 0 Å². The summed E-state index contributed by atoms with van der Waals surface area (Å²) >= 11 is 0. The number of nitrogens with zero attached hydrogens (tertiary/aromatic N) is 3. The number of hydrogen-bond donors (Lipinski definition) is 1. The summed E-state index contributed by atoms with van der Waals surface area (Å²) in [5.41, 5.74) is 4.05. The first-order valence-corrected chi connectivity index (χ1v) is 13.2. The molecule has 0 saturated carbocycles. The number of halogens is 3. The highest BCUT2D eigenvalue weighted by atomic mass is 32.2. The first-order valence-electron chi connectivity index (χ1n) is 11.8. The molecular formula is C26H31F3N4O2S. The van der Waals surface area contributed by atoms with Gasteiger partial charge in [0.15, 0.2) is 0 Å². The van der Waals surface area contributed by atoms with E-state index in [1.807, 2.05) is 39.8 Å². The first kappa shape index (κ1) is 27.6. The molecule has 0 spiro atoms. The van der Waals surface area contributed by atoms with Crippen molar-refractivity contribution in [3.8, 4) is 0 Å². The third kappa shape index (κ3) is 6.22. The highest BCUT2D eigenvalue weighted by Crippen LogP contribution is 2.40. The summed E-state index contributed by atoms with van der Waals surface area (Å²) in [5, 5.41) is 0. The molecule has 0 unspecified atom stereocenters. The predicted octanol–water partition coefficient (Wildman–Crippen LogP) is 6.48. The molecule has 0 saturated heterocycles. The van der Waals surface area contributed by atoms with Gasteiger partial charge in [-0.25, -0.2) is 9.97 Å².